The number of nitrogens with zero attached hydrogens (tertiary/aromatic N) is 5. The van der Waals surface area contributed by atoms with Gasteiger partial charge in [0.05, 0.1) is 11.7 Å². The third-order valence-corrected chi connectivity index (χ3v) is 11.1. The van der Waals surface area contributed by atoms with Gasteiger partial charge in [-0.15, -0.1) is 0 Å². The fourth-order valence-corrected chi connectivity index (χ4v) is 8.34. The molecule has 12 heteroatoms. The second-order valence-electron chi connectivity index (χ2n) is 15.0. The van der Waals surface area contributed by atoms with Crippen molar-refractivity contribution < 1.29 is 22.1 Å². The van der Waals surface area contributed by atoms with Crippen molar-refractivity contribution in [2.75, 3.05) is 22.4 Å². The van der Waals surface area contributed by atoms with Crippen molar-refractivity contribution in [2.45, 2.75) is 95.1 Å². The highest BCUT2D eigenvalue weighted by Gasteiger charge is 2.73. The third kappa shape index (κ3) is 4.98. The minimum absolute atomic E-state index is 0.00656. The second-order valence-corrected chi connectivity index (χ2v) is 16.8. The Kier molecular flexibility index (Phi) is 6.36. The molecule has 4 bridgehead atoms. The van der Waals surface area contributed by atoms with Gasteiger partial charge in [-0.25, -0.2) is 22.8 Å². The molecule has 6 fully saturated rings. The van der Waals surface area contributed by atoms with Gasteiger partial charge in [-0.3, -0.25) is 9.52 Å². The molecule has 1 N–H and O–H groups in total. The van der Waals surface area contributed by atoms with Gasteiger partial charge in [0.15, 0.2) is 5.82 Å². The first kappa shape index (κ1) is 29.3. The van der Waals surface area contributed by atoms with Crippen LogP contribution in [0.15, 0.2) is 41.2 Å². The maximum Gasteiger partial charge on any atom is 0.236 e. The number of amides is 1. The summed E-state index contributed by atoms with van der Waals surface area (Å²) in [6.45, 7) is 6.84. The molecule has 6 aliphatic rings. The molecule has 1 aromatic carbocycles. The maximum absolute atomic E-state index is 14.6. The third-order valence-electron chi connectivity index (χ3n) is 10.5. The maximum atomic E-state index is 14.6. The lowest BCUT2D eigenvalue weighted by molar-refractivity contribution is -0.211. The molecule has 44 heavy (non-hydrogen) atoms. The van der Waals surface area contributed by atoms with E-state index in [1.807, 2.05) is 29.2 Å². The van der Waals surface area contributed by atoms with E-state index in [1.54, 1.807) is 12.4 Å². The zero-order valence-corrected chi connectivity index (χ0v) is 26.5. The van der Waals surface area contributed by atoms with Crippen LogP contribution in [0.25, 0.3) is 11.1 Å². The van der Waals surface area contributed by atoms with Crippen molar-refractivity contribution in [3.63, 3.8) is 0 Å². The Hall–Kier alpha value is -3.41. The Balaban J connectivity index is 1.14. The second kappa shape index (κ2) is 9.55. The molecule has 234 valence electrons. The monoisotopic (exact) mass is 622 g/mol. The van der Waals surface area contributed by atoms with Crippen LogP contribution < -0.4 is 9.62 Å². The van der Waals surface area contributed by atoms with E-state index in [9.17, 15) is 17.6 Å². The van der Waals surface area contributed by atoms with Crippen LogP contribution in [0.3, 0.4) is 0 Å². The van der Waals surface area contributed by atoms with Crippen LogP contribution in [0.2, 0.25) is 0 Å². The van der Waals surface area contributed by atoms with Gasteiger partial charge in [0, 0.05) is 41.0 Å². The molecule has 0 radical (unpaired) electrons. The summed E-state index contributed by atoms with van der Waals surface area (Å²) in [5, 5.41) is 4.30. The van der Waals surface area contributed by atoms with Crippen molar-refractivity contribution in [3.05, 3.63) is 48.4 Å². The van der Waals surface area contributed by atoms with Gasteiger partial charge >= 0.3 is 0 Å². The summed E-state index contributed by atoms with van der Waals surface area (Å²) in [6, 6.07) is 7.71. The van der Waals surface area contributed by atoms with Crippen LogP contribution in [0, 0.1) is 10.8 Å². The van der Waals surface area contributed by atoms with Crippen molar-refractivity contribution in [1.29, 1.82) is 0 Å². The zero-order chi connectivity index (χ0) is 31.2. The number of carbonyl (C=O) groups excluding carboxylic acids is 1. The van der Waals surface area contributed by atoms with Crippen molar-refractivity contribution >= 4 is 27.6 Å². The number of aromatic nitrogens is 4. The predicted molar refractivity (Wildman–Crippen MR) is 163 cm³/mol. The number of alkyl halides is 1. The van der Waals surface area contributed by atoms with E-state index in [0.717, 1.165) is 67.7 Å². The molecule has 0 aliphatic heterocycles. The van der Waals surface area contributed by atoms with Gasteiger partial charge in [-0.05, 0) is 80.9 Å². The molecule has 9 rings (SSSR count). The summed E-state index contributed by atoms with van der Waals surface area (Å²) in [5.41, 5.74) is 0.155. The topological polar surface area (TPSA) is 131 Å². The lowest BCUT2D eigenvalue weighted by atomic mass is 9.41. The summed E-state index contributed by atoms with van der Waals surface area (Å²) >= 11 is 0. The standard InChI is InChI=1S/C32H39FN6O4S/c1-28(2,3)24-36-25(43-37-24)30-11-8-29(9-12-30,10-13-30)20-39(26(40)31-17-32(33,18-31)19-31)23-7-5-6-21(14-23)22-15-34-27(35-16-22)38-44(4,41)42/h5-7,14-16H,8-13,17-20H2,1-4H3,(H,34,35,38). The average molecular weight is 623 g/mol. The number of halogens is 1. The lowest BCUT2D eigenvalue weighted by Crippen LogP contribution is -2.71. The van der Waals surface area contributed by atoms with Gasteiger partial charge in [0.1, 0.15) is 5.67 Å². The zero-order valence-electron chi connectivity index (χ0n) is 25.7. The lowest BCUT2D eigenvalue weighted by Gasteiger charge is -2.65. The van der Waals surface area contributed by atoms with Crippen LogP contribution in [-0.2, 0) is 25.6 Å². The predicted octanol–water partition coefficient (Wildman–Crippen LogP) is 5.71. The van der Waals surface area contributed by atoms with E-state index in [1.165, 1.54) is 0 Å². The molecular formula is C32H39FN6O4S. The Morgan fingerprint density at radius 3 is 2.20 bits per heavy atom. The number of hydrogen-bond acceptors (Lipinski definition) is 8. The van der Waals surface area contributed by atoms with Gasteiger partial charge < -0.3 is 9.42 Å². The Labute approximate surface area is 257 Å². The minimum Gasteiger partial charge on any atom is -0.339 e. The number of sulfonamides is 1. The number of nitrogens with one attached hydrogen (secondary N) is 1. The van der Waals surface area contributed by atoms with Crippen LogP contribution in [-0.4, -0.2) is 52.9 Å². The molecule has 3 aromatic rings. The van der Waals surface area contributed by atoms with E-state index in [4.69, 9.17) is 9.51 Å². The Bertz CT molecular complexity index is 1690. The highest BCUT2D eigenvalue weighted by molar-refractivity contribution is 7.91. The summed E-state index contributed by atoms with van der Waals surface area (Å²) < 4.78 is 45.8. The van der Waals surface area contributed by atoms with Gasteiger partial charge in [-0.2, -0.15) is 4.98 Å². The highest BCUT2D eigenvalue weighted by Crippen LogP contribution is 2.70. The number of benzene rings is 1. The molecule has 0 spiro atoms. The number of rotatable bonds is 8. The van der Waals surface area contributed by atoms with Crippen molar-refractivity contribution in [3.8, 4) is 11.1 Å². The average Bonchev–Trinajstić information content (AvgIpc) is 3.47. The summed E-state index contributed by atoms with van der Waals surface area (Å²) in [6.07, 6.45) is 10.7. The number of carbonyl (C=O) groups is 1. The van der Waals surface area contributed by atoms with Gasteiger partial charge in [0.2, 0.25) is 27.8 Å². The molecular weight excluding hydrogens is 583 g/mol. The summed E-state index contributed by atoms with van der Waals surface area (Å²) in [7, 11) is -3.50. The van der Waals surface area contributed by atoms with E-state index in [0.29, 0.717) is 31.4 Å². The first-order valence-corrected chi connectivity index (χ1v) is 17.3. The number of anilines is 2. The first-order chi connectivity index (χ1) is 20.6. The van der Waals surface area contributed by atoms with E-state index >= 15 is 0 Å². The largest absolute Gasteiger partial charge is 0.339 e. The number of hydrogen-bond donors (Lipinski definition) is 1. The van der Waals surface area contributed by atoms with Gasteiger partial charge in [-0.1, -0.05) is 38.1 Å². The van der Waals surface area contributed by atoms with Gasteiger partial charge in [0.25, 0.3) is 0 Å². The molecule has 2 heterocycles. The van der Waals surface area contributed by atoms with Crippen molar-refractivity contribution in [2.24, 2.45) is 10.8 Å². The minimum atomic E-state index is -3.50. The molecule has 1 amide bonds. The Morgan fingerprint density at radius 2 is 1.66 bits per heavy atom. The molecule has 2 aromatic heterocycles. The molecule has 0 unspecified atom stereocenters. The van der Waals surface area contributed by atoms with E-state index < -0.39 is 21.1 Å². The van der Waals surface area contributed by atoms with Crippen LogP contribution >= 0.6 is 0 Å². The van der Waals surface area contributed by atoms with E-state index in [2.05, 4.69) is 40.6 Å². The molecule has 6 aliphatic carbocycles. The van der Waals surface area contributed by atoms with Crippen LogP contribution in [0.5, 0.6) is 0 Å². The molecule has 10 nitrogen and oxygen atoms in total. The SMILES string of the molecule is CC(C)(C)c1noc(C23CCC(CN(C(=O)C45CC(F)(C4)C5)c4cccc(-c5cnc(NS(C)(=O)=O)nc5)c4)(CC2)CC3)n1. The normalized spacial score (nSPS) is 30.8. The highest BCUT2D eigenvalue weighted by atomic mass is 32.2. The van der Waals surface area contributed by atoms with Crippen molar-refractivity contribution in [1.82, 2.24) is 20.1 Å². The molecule has 0 saturated heterocycles. The Morgan fingerprint density at radius 1 is 1.02 bits per heavy atom. The number of fused-ring (bicyclic) bond motifs is 3. The quantitative estimate of drug-likeness (QED) is 0.338. The van der Waals surface area contributed by atoms with Crippen LogP contribution in [0.1, 0.15) is 90.3 Å². The summed E-state index contributed by atoms with van der Waals surface area (Å²) in [5.74, 6) is 1.49. The molecule has 0 atom stereocenters. The molecule has 6 saturated carbocycles. The fraction of sp³-hybridized carbons (Fsp3) is 0.594. The van der Waals surface area contributed by atoms with E-state index in [-0.39, 0.29) is 28.1 Å². The fourth-order valence-electron chi connectivity index (χ4n) is 7.91. The van der Waals surface area contributed by atoms with Crippen LogP contribution in [0.4, 0.5) is 16.0 Å². The first-order valence-electron chi connectivity index (χ1n) is 15.4. The smallest absolute Gasteiger partial charge is 0.236 e. The summed E-state index contributed by atoms with van der Waals surface area (Å²) in [4.78, 5) is 29.3.